The van der Waals surface area contributed by atoms with Gasteiger partial charge in [-0.2, -0.15) is 0 Å². The fourth-order valence-electron chi connectivity index (χ4n) is 9.95. The third-order valence-corrected chi connectivity index (χ3v) is 14.2. The number of anilines is 1. The molecule has 1 aromatic rings. The Kier molecular flexibility index (Phi) is 47.6. The number of hydrogen-bond donors (Lipinski definition) is 0. The second-order valence-corrected chi connectivity index (χ2v) is 20.3. The Labute approximate surface area is 387 Å². The average molecular weight is 851 g/mol. The third kappa shape index (κ3) is 41.5. The zero-order valence-corrected chi connectivity index (χ0v) is 42.8. The topological polar surface area (TPSA) is 3.24 Å². The van der Waals surface area contributed by atoms with Crippen LogP contribution in [0.1, 0.15) is 335 Å². The van der Waals surface area contributed by atoms with Gasteiger partial charge in [0.2, 0.25) is 0 Å². The van der Waals surface area contributed by atoms with Crippen molar-refractivity contribution in [3.8, 4) is 0 Å². The zero-order chi connectivity index (χ0) is 43.6. The van der Waals surface area contributed by atoms with E-state index in [9.17, 15) is 0 Å². The first-order valence-corrected chi connectivity index (χ1v) is 29.2. The van der Waals surface area contributed by atoms with Crippen LogP contribution in [0.2, 0.25) is 0 Å². The van der Waals surface area contributed by atoms with Crippen LogP contribution in [-0.2, 0) is 6.42 Å². The fourth-order valence-corrected chi connectivity index (χ4v) is 9.95. The molecule has 0 N–H and O–H groups in total. The molecule has 0 unspecified atom stereocenters. The molecule has 1 rings (SSSR count). The normalized spacial score (nSPS) is 11.6. The first-order valence-electron chi connectivity index (χ1n) is 29.2. The highest BCUT2D eigenvalue weighted by Gasteiger charge is 2.11. The molecular weight excluding hydrogens is 735 g/mol. The predicted octanol–water partition coefficient (Wildman–Crippen LogP) is 21.8. The molecule has 61 heavy (non-hydrogen) atoms. The number of benzene rings is 1. The lowest BCUT2D eigenvalue weighted by atomic mass is 10.0. The van der Waals surface area contributed by atoms with Gasteiger partial charge in [0.05, 0.1) is 0 Å². The molecule has 0 aliphatic heterocycles. The van der Waals surface area contributed by atoms with Gasteiger partial charge in [0.1, 0.15) is 0 Å². The molecule has 0 aliphatic carbocycles. The lowest BCUT2D eigenvalue weighted by Gasteiger charge is -2.27. The van der Waals surface area contributed by atoms with E-state index in [1.54, 1.807) is 11.3 Å². The summed E-state index contributed by atoms with van der Waals surface area (Å²) >= 11 is 0. The van der Waals surface area contributed by atoms with E-state index in [0.717, 1.165) is 0 Å². The van der Waals surface area contributed by atoms with Gasteiger partial charge in [-0.15, -0.1) is 0 Å². The minimum Gasteiger partial charge on any atom is -0.371 e. The molecule has 0 heterocycles. The average Bonchev–Trinajstić information content (AvgIpc) is 3.28. The number of nitrogens with zero attached hydrogens (tertiary/aromatic N) is 1. The summed E-state index contributed by atoms with van der Waals surface area (Å²) in [6.07, 6.45) is 70.8. The first kappa shape index (κ1) is 58.0. The highest BCUT2D eigenvalue weighted by Crippen LogP contribution is 2.25. The Hall–Kier alpha value is -0.980. The van der Waals surface area contributed by atoms with Crippen molar-refractivity contribution in [2.24, 2.45) is 0 Å². The van der Waals surface area contributed by atoms with Crippen LogP contribution in [-0.4, -0.2) is 13.1 Å². The van der Waals surface area contributed by atoms with Gasteiger partial charge in [0, 0.05) is 18.8 Å². The summed E-state index contributed by atoms with van der Waals surface area (Å²) in [6, 6.07) is 9.57. The van der Waals surface area contributed by atoms with Crippen LogP contribution in [0, 0.1) is 0 Å². The van der Waals surface area contributed by atoms with E-state index in [1.165, 1.54) is 328 Å². The van der Waals surface area contributed by atoms with E-state index in [0.29, 0.717) is 0 Å². The van der Waals surface area contributed by atoms with Crippen molar-refractivity contribution in [2.45, 2.75) is 335 Å². The highest BCUT2D eigenvalue weighted by molar-refractivity contribution is 5.53. The van der Waals surface area contributed by atoms with Crippen LogP contribution in [0.25, 0.3) is 0 Å². The molecule has 360 valence electrons. The van der Waals surface area contributed by atoms with Crippen LogP contribution < -0.4 is 4.90 Å². The van der Waals surface area contributed by atoms with E-state index in [2.05, 4.69) is 49.9 Å². The van der Waals surface area contributed by atoms with Crippen molar-refractivity contribution in [3.05, 3.63) is 29.8 Å². The zero-order valence-electron chi connectivity index (χ0n) is 42.8. The smallest absolute Gasteiger partial charge is 0.0398 e. The van der Waals surface area contributed by atoms with Crippen molar-refractivity contribution < 1.29 is 0 Å². The van der Waals surface area contributed by atoms with Gasteiger partial charge in [-0.1, -0.05) is 328 Å². The molecule has 0 atom stereocenters. The van der Waals surface area contributed by atoms with Crippen molar-refractivity contribution >= 4 is 5.69 Å². The predicted molar refractivity (Wildman–Crippen MR) is 281 cm³/mol. The lowest BCUT2D eigenvalue weighted by molar-refractivity contribution is 0.524. The van der Waals surface area contributed by atoms with E-state index in [1.807, 2.05) is 0 Å². The number of para-hydroxylation sites is 1. The van der Waals surface area contributed by atoms with Gasteiger partial charge in [-0.25, -0.2) is 0 Å². The molecule has 1 nitrogen and oxygen atoms in total. The quantitative estimate of drug-likeness (QED) is 0.0590. The second kappa shape index (κ2) is 50.0. The highest BCUT2D eigenvalue weighted by atomic mass is 15.1. The van der Waals surface area contributed by atoms with Gasteiger partial charge >= 0.3 is 0 Å². The summed E-state index contributed by atoms with van der Waals surface area (Å²) < 4.78 is 0. The molecule has 1 heteroatoms. The van der Waals surface area contributed by atoms with Gasteiger partial charge in [0.25, 0.3) is 0 Å². The van der Waals surface area contributed by atoms with Crippen molar-refractivity contribution in [2.75, 3.05) is 18.0 Å². The Bertz CT molecular complexity index is 901. The molecule has 0 bridgehead atoms. The lowest BCUT2D eigenvalue weighted by Crippen LogP contribution is -2.27. The van der Waals surface area contributed by atoms with Crippen molar-refractivity contribution in [3.63, 3.8) is 0 Å². The number of aryl methyl sites for hydroxylation is 1. The first-order chi connectivity index (χ1) is 30.3. The molecule has 0 amide bonds. The van der Waals surface area contributed by atoms with Crippen LogP contribution in [0.15, 0.2) is 24.3 Å². The fraction of sp³-hybridized carbons (Fsp3) is 0.900. The molecule has 0 spiro atoms. The summed E-state index contributed by atoms with van der Waals surface area (Å²) in [6.45, 7) is 9.47. The van der Waals surface area contributed by atoms with Crippen LogP contribution in [0.4, 0.5) is 5.69 Å². The molecule has 0 saturated carbocycles. The Morgan fingerprint density at radius 2 is 0.459 bits per heavy atom. The van der Waals surface area contributed by atoms with E-state index < -0.39 is 0 Å². The second-order valence-electron chi connectivity index (χ2n) is 20.3. The number of unbranched alkanes of at least 4 members (excludes halogenated alkanes) is 45. The van der Waals surface area contributed by atoms with Crippen LogP contribution >= 0.6 is 0 Å². The maximum atomic E-state index is 2.83. The maximum absolute atomic E-state index is 2.83. The summed E-state index contributed by atoms with van der Waals surface area (Å²) in [5.41, 5.74) is 3.20. The number of hydrogen-bond acceptors (Lipinski definition) is 1. The summed E-state index contributed by atoms with van der Waals surface area (Å²) in [5, 5.41) is 0. The van der Waals surface area contributed by atoms with Gasteiger partial charge < -0.3 is 4.90 Å². The minimum absolute atomic E-state index is 1.26. The molecule has 0 radical (unpaired) electrons. The SMILES string of the molecule is CCCCCCCCCCCCCCCCCCc1ccccc1N(CCCCCCCCCCCCCCCCCC)CCCCCCCCCCCCCCCCCC. The Morgan fingerprint density at radius 3 is 0.721 bits per heavy atom. The molecule has 0 aromatic heterocycles. The summed E-state index contributed by atoms with van der Waals surface area (Å²) in [4.78, 5) is 2.83. The monoisotopic (exact) mass is 850 g/mol. The largest absolute Gasteiger partial charge is 0.371 e. The molecule has 1 aromatic carbocycles. The molecule has 0 saturated heterocycles. The van der Waals surface area contributed by atoms with E-state index in [4.69, 9.17) is 0 Å². The molecule has 0 fully saturated rings. The third-order valence-electron chi connectivity index (χ3n) is 14.2. The Balaban J connectivity index is 2.33. The minimum atomic E-state index is 1.26. The van der Waals surface area contributed by atoms with Crippen molar-refractivity contribution in [1.82, 2.24) is 0 Å². The summed E-state index contributed by atoms with van der Waals surface area (Å²) in [5.74, 6) is 0. The van der Waals surface area contributed by atoms with Gasteiger partial charge in [-0.05, 0) is 37.3 Å². The van der Waals surface area contributed by atoms with Gasteiger partial charge in [0.15, 0.2) is 0 Å². The maximum Gasteiger partial charge on any atom is 0.0398 e. The van der Waals surface area contributed by atoms with E-state index >= 15 is 0 Å². The molecular formula is C60H115N. The van der Waals surface area contributed by atoms with Crippen LogP contribution in [0.3, 0.4) is 0 Å². The van der Waals surface area contributed by atoms with Crippen LogP contribution in [0.5, 0.6) is 0 Å². The van der Waals surface area contributed by atoms with Crippen molar-refractivity contribution in [1.29, 1.82) is 0 Å². The van der Waals surface area contributed by atoms with E-state index in [-0.39, 0.29) is 0 Å². The Morgan fingerprint density at radius 1 is 0.246 bits per heavy atom. The standard InChI is InChI=1S/C60H115N/c1-4-7-10-13-16-19-22-25-28-31-34-37-40-43-46-49-54-59-55-50-51-56-60(59)61(57-52-47-44-41-38-35-32-29-26-23-20-17-14-11-8-5-2)58-53-48-45-42-39-36-33-30-27-24-21-18-15-12-9-6-3/h50-51,55-56H,4-49,52-54,57-58H2,1-3H3. The summed E-state index contributed by atoms with van der Waals surface area (Å²) in [7, 11) is 0. The number of rotatable bonds is 52. The van der Waals surface area contributed by atoms with Gasteiger partial charge in [-0.3, -0.25) is 0 Å². The molecule has 0 aliphatic rings.